The molecule has 1 aromatic carbocycles. The van der Waals surface area contributed by atoms with Crippen LogP contribution in [-0.4, -0.2) is 42.7 Å². The van der Waals surface area contributed by atoms with Gasteiger partial charge in [0.1, 0.15) is 12.4 Å². The Morgan fingerprint density at radius 3 is 3.04 bits per heavy atom. The number of hydrogen-bond acceptors (Lipinski definition) is 6. The Morgan fingerprint density at radius 2 is 2.22 bits per heavy atom. The minimum absolute atomic E-state index is 0.205. The first-order valence-electron chi connectivity index (χ1n) is 8.15. The Balaban J connectivity index is 1.44. The molecular formula is C17H20N2O4. The van der Waals surface area contributed by atoms with Gasteiger partial charge in [0, 0.05) is 24.7 Å². The third-order valence-electron chi connectivity index (χ3n) is 4.28. The van der Waals surface area contributed by atoms with Crippen molar-refractivity contribution < 1.29 is 18.7 Å². The van der Waals surface area contributed by atoms with E-state index in [1.54, 1.807) is 0 Å². The van der Waals surface area contributed by atoms with E-state index in [9.17, 15) is 0 Å². The third-order valence-corrected chi connectivity index (χ3v) is 4.28. The molecule has 2 aliphatic heterocycles. The number of ether oxygens (including phenoxy) is 3. The summed E-state index contributed by atoms with van der Waals surface area (Å²) in [5.74, 6) is 2.28. The van der Waals surface area contributed by atoms with Crippen molar-refractivity contribution in [3.05, 3.63) is 30.1 Å². The maximum absolute atomic E-state index is 5.82. The zero-order valence-electron chi connectivity index (χ0n) is 12.9. The second-order valence-corrected chi connectivity index (χ2v) is 5.99. The molecule has 2 atom stereocenters. The van der Waals surface area contributed by atoms with Crippen molar-refractivity contribution >= 4 is 0 Å². The monoisotopic (exact) mass is 316 g/mol. The van der Waals surface area contributed by atoms with E-state index in [1.165, 1.54) is 0 Å². The van der Waals surface area contributed by atoms with E-state index in [4.69, 9.17) is 18.7 Å². The van der Waals surface area contributed by atoms with Crippen molar-refractivity contribution in [3.8, 4) is 17.2 Å². The summed E-state index contributed by atoms with van der Waals surface area (Å²) >= 11 is 0. The van der Waals surface area contributed by atoms with Crippen LogP contribution in [0.25, 0.3) is 11.5 Å². The summed E-state index contributed by atoms with van der Waals surface area (Å²) in [6, 6.07) is 7.74. The molecule has 3 heterocycles. The van der Waals surface area contributed by atoms with Gasteiger partial charge in [-0.15, -0.1) is 0 Å². The quantitative estimate of drug-likeness (QED) is 0.845. The van der Waals surface area contributed by atoms with Gasteiger partial charge in [-0.05, 0) is 37.5 Å². The van der Waals surface area contributed by atoms with Crippen LogP contribution in [0.4, 0.5) is 0 Å². The van der Waals surface area contributed by atoms with Gasteiger partial charge in [0.05, 0.1) is 12.7 Å². The van der Waals surface area contributed by atoms with Gasteiger partial charge in [-0.3, -0.25) is 0 Å². The van der Waals surface area contributed by atoms with Crippen LogP contribution in [0.3, 0.4) is 0 Å². The molecule has 0 amide bonds. The molecule has 122 valence electrons. The molecule has 23 heavy (non-hydrogen) atoms. The fourth-order valence-corrected chi connectivity index (χ4v) is 2.94. The van der Waals surface area contributed by atoms with E-state index in [2.05, 4.69) is 10.1 Å². The number of hydrogen-bond donors (Lipinski definition) is 0. The predicted octanol–water partition coefficient (Wildman–Crippen LogP) is 2.80. The lowest BCUT2D eigenvalue weighted by atomic mass is 10.1. The molecule has 2 saturated heterocycles. The zero-order chi connectivity index (χ0) is 15.5. The van der Waals surface area contributed by atoms with Crippen molar-refractivity contribution in [2.24, 2.45) is 0 Å². The zero-order valence-corrected chi connectivity index (χ0v) is 12.9. The smallest absolute Gasteiger partial charge is 0.258 e. The highest BCUT2D eigenvalue weighted by molar-refractivity contribution is 5.55. The molecule has 0 spiro atoms. The highest BCUT2D eigenvalue weighted by Crippen LogP contribution is 2.27. The lowest BCUT2D eigenvalue weighted by Gasteiger charge is -2.11. The maximum atomic E-state index is 5.82. The van der Waals surface area contributed by atoms with E-state index in [0.717, 1.165) is 49.6 Å². The van der Waals surface area contributed by atoms with Gasteiger partial charge in [0.15, 0.2) is 5.82 Å². The van der Waals surface area contributed by atoms with Crippen molar-refractivity contribution in [3.63, 3.8) is 0 Å². The first kappa shape index (κ1) is 14.7. The Bertz CT molecular complexity index is 646. The van der Waals surface area contributed by atoms with Crippen molar-refractivity contribution in [1.82, 2.24) is 10.1 Å². The van der Waals surface area contributed by atoms with Gasteiger partial charge in [-0.25, -0.2) is 0 Å². The summed E-state index contributed by atoms with van der Waals surface area (Å²) in [6.07, 6.45) is 3.33. The number of nitrogens with zero attached hydrogens (tertiary/aromatic N) is 2. The number of rotatable bonds is 5. The molecular weight excluding hydrogens is 296 g/mol. The Kier molecular flexibility index (Phi) is 4.26. The molecule has 0 saturated carbocycles. The van der Waals surface area contributed by atoms with Gasteiger partial charge < -0.3 is 18.7 Å². The Hall–Kier alpha value is -1.92. The molecule has 0 unspecified atom stereocenters. The van der Waals surface area contributed by atoms with Gasteiger partial charge >= 0.3 is 0 Å². The minimum atomic E-state index is 0.205. The fourth-order valence-electron chi connectivity index (χ4n) is 2.94. The largest absolute Gasteiger partial charge is 0.491 e. The molecule has 0 bridgehead atoms. The van der Waals surface area contributed by atoms with Gasteiger partial charge in [0.2, 0.25) is 0 Å². The number of aromatic nitrogens is 2. The molecule has 2 aromatic rings. The lowest BCUT2D eigenvalue weighted by molar-refractivity contribution is 0.0680. The lowest BCUT2D eigenvalue weighted by Crippen LogP contribution is -2.16. The van der Waals surface area contributed by atoms with Crippen LogP contribution in [0.2, 0.25) is 0 Å². The third kappa shape index (κ3) is 3.38. The Labute approximate surface area is 134 Å². The summed E-state index contributed by atoms with van der Waals surface area (Å²) in [6.45, 7) is 2.85. The van der Waals surface area contributed by atoms with E-state index in [-0.39, 0.29) is 12.0 Å². The second-order valence-electron chi connectivity index (χ2n) is 5.99. The molecule has 2 aliphatic rings. The van der Waals surface area contributed by atoms with E-state index >= 15 is 0 Å². The summed E-state index contributed by atoms with van der Waals surface area (Å²) in [5.41, 5.74) is 0.868. The fraction of sp³-hybridized carbons (Fsp3) is 0.529. The molecule has 2 fully saturated rings. The van der Waals surface area contributed by atoms with E-state index in [1.807, 2.05) is 24.3 Å². The normalized spacial score (nSPS) is 24.2. The topological polar surface area (TPSA) is 66.6 Å². The van der Waals surface area contributed by atoms with Crippen LogP contribution in [0.15, 0.2) is 28.8 Å². The molecule has 6 heteroatoms. The van der Waals surface area contributed by atoms with Crippen LogP contribution >= 0.6 is 0 Å². The highest BCUT2D eigenvalue weighted by atomic mass is 16.5. The molecule has 0 aliphatic carbocycles. The van der Waals surface area contributed by atoms with Crippen LogP contribution in [0.5, 0.6) is 5.75 Å². The van der Waals surface area contributed by atoms with E-state index < -0.39 is 0 Å². The van der Waals surface area contributed by atoms with Crippen molar-refractivity contribution in [1.29, 1.82) is 0 Å². The number of benzene rings is 1. The van der Waals surface area contributed by atoms with Crippen LogP contribution in [0, 0.1) is 0 Å². The van der Waals surface area contributed by atoms with Crippen LogP contribution in [-0.2, 0) is 9.47 Å². The predicted molar refractivity (Wildman–Crippen MR) is 82.4 cm³/mol. The minimum Gasteiger partial charge on any atom is -0.491 e. The average molecular weight is 316 g/mol. The first-order chi connectivity index (χ1) is 11.4. The highest BCUT2D eigenvalue weighted by Gasteiger charge is 2.23. The molecule has 1 aromatic heterocycles. The van der Waals surface area contributed by atoms with Crippen LogP contribution < -0.4 is 4.74 Å². The Morgan fingerprint density at radius 1 is 1.22 bits per heavy atom. The second kappa shape index (κ2) is 6.68. The summed E-state index contributed by atoms with van der Waals surface area (Å²) in [5, 5.41) is 4.09. The molecule has 0 radical (unpaired) electrons. The van der Waals surface area contributed by atoms with Gasteiger partial charge in [-0.1, -0.05) is 11.2 Å². The molecule has 4 rings (SSSR count). The summed E-state index contributed by atoms with van der Waals surface area (Å²) in [7, 11) is 0. The maximum Gasteiger partial charge on any atom is 0.258 e. The van der Waals surface area contributed by atoms with Gasteiger partial charge in [0.25, 0.3) is 5.89 Å². The van der Waals surface area contributed by atoms with Gasteiger partial charge in [-0.2, -0.15) is 4.98 Å². The summed E-state index contributed by atoms with van der Waals surface area (Å²) in [4.78, 5) is 4.50. The standard InChI is InChI=1S/C17H20N2O4/c1-3-12(9-14(4-1)22-11-15-5-2-7-21-15)17-18-16(19-23-17)13-6-8-20-10-13/h1,3-4,9,13,15H,2,5-8,10-11H2/t13-,15+/m0/s1. The van der Waals surface area contributed by atoms with Crippen molar-refractivity contribution in [2.45, 2.75) is 31.3 Å². The van der Waals surface area contributed by atoms with Crippen LogP contribution in [0.1, 0.15) is 31.0 Å². The van der Waals surface area contributed by atoms with Crippen molar-refractivity contribution in [2.75, 3.05) is 26.4 Å². The summed E-state index contributed by atoms with van der Waals surface area (Å²) < 4.78 is 22.2. The molecule has 0 N–H and O–H groups in total. The SMILES string of the molecule is c1cc(OC[C@H]2CCCO2)cc(-c2nc([C@H]3CCOC3)no2)c1. The average Bonchev–Trinajstić information content (AvgIpc) is 3.35. The van der Waals surface area contributed by atoms with E-state index in [0.29, 0.717) is 19.1 Å². The first-order valence-corrected chi connectivity index (χ1v) is 8.15. The molecule has 6 nitrogen and oxygen atoms in total.